The van der Waals surface area contributed by atoms with Gasteiger partial charge in [-0.2, -0.15) is 13.5 Å². The molecule has 0 spiro atoms. The number of anilines is 2. The van der Waals surface area contributed by atoms with E-state index in [0.717, 1.165) is 0 Å². The minimum absolute atomic E-state index is 0.0597. The third kappa shape index (κ3) is 2.31. The average Bonchev–Trinajstić information content (AvgIpc) is 3.01. The van der Waals surface area contributed by atoms with Crippen LogP contribution in [0.5, 0.6) is 0 Å². The van der Waals surface area contributed by atoms with Gasteiger partial charge in [-0.05, 0) is 12.1 Å². The Hall–Kier alpha value is -2.55. The van der Waals surface area contributed by atoms with Gasteiger partial charge in [0.2, 0.25) is 5.03 Å². The Morgan fingerprint density at radius 2 is 2.10 bits per heavy atom. The highest BCUT2D eigenvalue weighted by Crippen LogP contribution is 2.24. The fourth-order valence-corrected chi connectivity index (χ4v) is 3.40. The topological polar surface area (TPSA) is 93.3 Å². The number of hydrogen-bond acceptors (Lipinski definition) is 5. The van der Waals surface area contributed by atoms with Gasteiger partial charge in [-0.3, -0.25) is 13.8 Å². The minimum atomic E-state index is -3.79. The smallest absolute Gasteiger partial charge is 0.281 e. The van der Waals surface area contributed by atoms with E-state index in [0.29, 0.717) is 11.3 Å². The highest BCUT2D eigenvalue weighted by atomic mass is 32.2. The second-order valence-electron chi connectivity index (χ2n) is 4.45. The van der Waals surface area contributed by atoms with E-state index in [1.807, 2.05) is 0 Å². The Kier molecular flexibility index (Phi) is 3.05. The molecule has 3 aromatic heterocycles. The van der Waals surface area contributed by atoms with E-state index in [-0.39, 0.29) is 10.8 Å². The van der Waals surface area contributed by atoms with E-state index in [1.165, 1.54) is 15.3 Å². The summed E-state index contributed by atoms with van der Waals surface area (Å²) in [6.07, 6.45) is 4.68. The Labute approximate surface area is 121 Å². The van der Waals surface area contributed by atoms with Gasteiger partial charge < -0.3 is 5.32 Å². The zero-order valence-corrected chi connectivity index (χ0v) is 12.3. The predicted octanol–water partition coefficient (Wildman–Crippen LogP) is 0.910. The van der Waals surface area contributed by atoms with Gasteiger partial charge >= 0.3 is 0 Å². The molecule has 0 radical (unpaired) electrons. The molecule has 0 bridgehead atoms. The molecular weight excluding hydrogens is 292 g/mol. The maximum absolute atomic E-state index is 12.6. The van der Waals surface area contributed by atoms with Crippen molar-refractivity contribution in [2.45, 2.75) is 5.03 Å². The Balaban J connectivity index is 2.13. The summed E-state index contributed by atoms with van der Waals surface area (Å²) >= 11 is 0. The van der Waals surface area contributed by atoms with Gasteiger partial charge in [0.05, 0.1) is 11.9 Å². The highest BCUT2D eigenvalue weighted by Gasteiger charge is 2.25. The summed E-state index contributed by atoms with van der Waals surface area (Å²) in [6.45, 7) is 0. The molecule has 0 aliphatic rings. The van der Waals surface area contributed by atoms with Crippen LogP contribution in [0.1, 0.15) is 0 Å². The highest BCUT2D eigenvalue weighted by molar-refractivity contribution is 7.92. The second-order valence-corrected chi connectivity index (χ2v) is 6.05. The third-order valence-corrected chi connectivity index (χ3v) is 4.34. The van der Waals surface area contributed by atoms with Gasteiger partial charge in [0.25, 0.3) is 10.0 Å². The molecule has 0 atom stereocenters. The van der Waals surface area contributed by atoms with Gasteiger partial charge in [-0.15, -0.1) is 0 Å². The van der Waals surface area contributed by atoms with E-state index in [9.17, 15) is 8.42 Å². The van der Waals surface area contributed by atoms with Crippen LogP contribution in [0.4, 0.5) is 11.5 Å². The fraction of sp³-hybridized carbons (Fsp3) is 0.167. The first-order chi connectivity index (χ1) is 10.0. The lowest BCUT2D eigenvalue weighted by molar-refractivity contribution is 0.597. The maximum Gasteiger partial charge on any atom is 0.281 e. The maximum atomic E-state index is 12.6. The first-order valence-corrected chi connectivity index (χ1v) is 7.66. The second kappa shape index (κ2) is 4.77. The summed E-state index contributed by atoms with van der Waals surface area (Å²) in [6, 6.07) is 5.29. The van der Waals surface area contributed by atoms with Crippen molar-refractivity contribution in [3.63, 3.8) is 0 Å². The monoisotopic (exact) mass is 306 g/mol. The molecule has 0 fully saturated rings. The molecule has 21 heavy (non-hydrogen) atoms. The van der Waals surface area contributed by atoms with Crippen LogP contribution in [0.25, 0.3) is 5.65 Å². The SMILES string of the molecule is CNc1nc2ccccn2c1S(=O)(=O)Nc1cnn(C)c1. The molecule has 3 heterocycles. The lowest BCUT2D eigenvalue weighted by Crippen LogP contribution is -2.16. The van der Waals surface area contributed by atoms with Crippen LogP contribution in [0, 0.1) is 0 Å². The van der Waals surface area contributed by atoms with Gasteiger partial charge in [0.15, 0.2) is 5.82 Å². The fourth-order valence-electron chi connectivity index (χ4n) is 2.07. The van der Waals surface area contributed by atoms with Gasteiger partial charge in [0, 0.05) is 26.5 Å². The summed E-state index contributed by atoms with van der Waals surface area (Å²) in [5, 5.41) is 6.81. The molecule has 0 saturated carbocycles. The van der Waals surface area contributed by atoms with Crippen LogP contribution in [0.15, 0.2) is 41.8 Å². The summed E-state index contributed by atoms with van der Waals surface area (Å²) < 4.78 is 30.8. The molecule has 8 nitrogen and oxygen atoms in total. The van der Waals surface area contributed by atoms with E-state index in [1.54, 1.807) is 44.7 Å². The van der Waals surface area contributed by atoms with Crippen molar-refractivity contribution in [1.82, 2.24) is 19.2 Å². The van der Waals surface area contributed by atoms with E-state index in [4.69, 9.17) is 0 Å². The number of aryl methyl sites for hydroxylation is 1. The van der Waals surface area contributed by atoms with Crippen molar-refractivity contribution < 1.29 is 8.42 Å². The van der Waals surface area contributed by atoms with Crippen LogP contribution in [0.3, 0.4) is 0 Å². The number of aromatic nitrogens is 4. The Morgan fingerprint density at radius 1 is 1.29 bits per heavy atom. The van der Waals surface area contributed by atoms with Crippen molar-refractivity contribution in [1.29, 1.82) is 0 Å². The minimum Gasteiger partial charge on any atom is -0.371 e. The summed E-state index contributed by atoms with van der Waals surface area (Å²) in [5.74, 6) is 0.289. The number of rotatable bonds is 4. The lowest BCUT2D eigenvalue weighted by atomic mass is 10.5. The zero-order chi connectivity index (χ0) is 15.0. The molecular formula is C12H14N6O2S. The summed E-state index contributed by atoms with van der Waals surface area (Å²) in [5.41, 5.74) is 0.943. The molecule has 110 valence electrons. The van der Waals surface area contributed by atoms with Crippen molar-refractivity contribution in [2.24, 2.45) is 7.05 Å². The first-order valence-electron chi connectivity index (χ1n) is 6.17. The van der Waals surface area contributed by atoms with Crippen molar-refractivity contribution in [3.05, 3.63) is 36.8 Å². The molecule has 0 aliphatic heterocycles. The number of hydrogen-bond donors (Lipinski definition) is 2. The van der Waals surface area contributed by atoms with E-state index in [2.05, 4.69) is 20.1 Å². The number of nitrogens with one attached hydrogen (secondary N) is 2. The molecule has 0 amide bonds. The van der Waals surface area contributed by atoms with Gasteiger partial charge in [0.1, 0.15) is 5.65 Å². The number of sulfonamides is 1. The van der Waals surface area contributed by atoms with Crippen LogP contribution in [0.2, 0.25) is 0 Å². The van der Waals surface area contributed by atoms with Crippen LogP contribution >= 0.6 is 0 Å². The van der Waals surface area contributed by atoms with Gasteiger partial charge in [-0.25, -0.2) is 4.98 Å². The molecule has 0 aromatic carbocycles. The predicted molar refractivity (Wildman–Crippen MR) is 78.8 cm³/mol. The first kappa shape index (κ1) is 13.4. The standard InChI is InChI=1S/C12H14N6O2S/c1-13-11-12(18-6-4-3-5-10(18)15-11)21(19,20)16-9-7-14-17(2)8-9/h3-8,13,16H,1-2H3. The summed E-state index contributed by atoms with van der Waals surface area (Å²) in [4.78, 5) is 4.26. The van der Waals surface area contributed by atoms with Crippen LogP contribution in [-0.4, -0.2) is 34.6 Å². The van der Waals surface area contributed by atoms with E-state index < -0.39 is 10.0 Å². The normalized spacial score (nSPS) is 11.7. The zero-order valence-electron chi connectivity index (χ0n) is 11.5. The molecule has 0 saturated heterocycles. The largest absolute Gasteiger partial charge is 0.371 e. The molecule has 9 heteroatoms. The van der Waals surface area contributed by atoms with Crippen molar-refractivity contribution in [3.8, 4) is 0 Å². The third-order valence-electron chi connectivity index (χ3n) is 2.93. The lowest BCUT2D eigenvalue weighted by Gasteiger charge is -2.07. The van der Waals surface area contributed by atoms with Gasteiger partial charge in [-0.1, -0.05) is 6.07 Å². The Bertz CT molecular complexity index is 896. The molecule has 0 aliphatic carbocycles. The number of imidazole rings is 1. The Morgan fingerprint density at radius 3 is 2.76 bits per heavy atom. The average molecular weight is 306 g/mol. The van der Waals surface area contributed by atoms with Crippen LogP contribution < -0.4 is 10.0 Å². The quantitative estimate of drug-likeness (QED) is 0.747. The molecule has 0 unspecified atom stereocenters. The molecule has 3 aromatic rings. The van der Waals surface area contributed by atoms with Crippen LogP contribution in [-0.2, 0) is 17.1 Å². The molecule has 2 N–H and O–H groups in total. The van der Waals surface area contributed by atoms with Crippen molar-refractivity contribution >= 4 is 27.2 Å². The number of nitrogens with zero attached hydrogens (tertiary/aromatic N) is 4. The number of fused-ring (bicyclic) bond motifs is 1. The molecule has 3 rings (SSSR count). The van der Waals surface area contributed by atoms with Crippen molar-refractivity contribution in [2.75, 3.05) is 17.1 Å². The summed E-state index contributed by atoms with van der Waals surface area (Å²) in [7, 11) is -0.448. The van der Waals surface area contributed by atoms with E-state index >= 15 is 0 Å². The number of pyridine rings is 1.